The second-order valence-corrected chi connectivity index (χ2v) is 9.00. The van der Waals surface area contributed by atoms with Crippen molar-refractivity contribution in [2.24, 2.45) is 18.0 Å². The fourth-order valence-corrected chi connectivity index (χ4v) is 5.05. The number of aromatic nitrogens is 1. The van der Waals surface area contributed by atoms with Gasteiger partial charge in [-0.25, -0.2) is 0 Å². The summed E-state index contributed by atoms with van der Waals surface area (Å²) in [5.41, 5.74) is 2.27. The summed E-state index contributed by atoms with van der Waals surface area (Å²) in [5, 5.41) is 0. The molecule has 2 heterocycles. The van der Waals surface area contributed by atoms with Crippen LogP contribution < -0.4 is 4.80 Å². The molecule has 0 unspecified atom stereocenters. The fourth-order valence-electron chi connectivity index (χ4n) is 3.22. The molecule has 1 aromatic heterocycles. The highest BCUT2D eigenvalue weighted by Crippen LogP contribution is 2.18. The van der Waals surface area contributed by atoms with Gasteiger partial charge in [-0.1, -0.05) is 24.3 Å². The second-order valence-electron chi connectivity index (χ2n) is 7.00. The first-order valence-electron chi connectivity index (χ1n) is 8.93. The van der Waals surface area contributed by atoms with E-state index in [1.54, 1.807) is 0 Å². The number of carbonyl (C=O) groups is 2. The Kier molecular flexibility index (Phi) is 6.19. The highest BCUT2D eigenvalue weighted by Gasteiger charge is 2.20. The minimum Gasteiger partial charge on any atom is -0.342 e. The van der Waals surface area contributed by atoms with Crippen molar-refractivity contribution in [3.63, 3.8) is 0 Å². The maximum absolute atomic E-state index is 12.2. The zero-order chi connectivity index (χ0) is 18.7. The topological polar surface area (TPSA) is 54.7 Å². The molecule has 1 saturated heterocycles. The molecule has 2 amide bonds. The number of nitrogens with zero attached hydrogens (tertiary/aromatic N) is 3. The summed E-state index contributed by atoms with van der Waals surface area (Å²) in [6, 6.07) is 6.22. The lowest BCUT2D eigenvalue weighted by molar-refractivity contribution is -0.130. The lowest BCUT2D eigenvalue weighted by Gasteiger charge is -2.30. The molecule has 0 radical (unpaired) electrons. The summed E-state index contributed by atoms with van der Waals surface area (Å²) < 4.78 is 3.07. The van der Waals surface area contributed by atoms with Gasteiger partial charge in [0.2, 0.25) is 5.91 Å². The number of thioether (sulfide) groups is 1. The van der Waals surface area contributed by atoms with E-state index in [1.807, 2.05) is 16.5 Å². The molecule has 7 heteroatoms. The average molecular weight is 392 g/mol. The Balaban J connectivity index is 1.58. The molecular formula is C19H25N3O2S2. The number of hydrogen-bond acceptors (Lipinski definition) is 4. The van der Waals surface area contributed by atoms with Crippen molar-refractivity contribution in [3.05, 3.63) is 28.6 Å². The molecule has 2 aromatic rings. The minimum absolute atomic E-state index is 0.136. The number of fused-ring (bicyclic) bond motifs is 1. The van der Waals surface area contributed by atoms with Crippen LogP contribution in [0.1, 0.15) is 25.3 Å². The number of aryl methyl sites for hydroxylation is 2. The predicted octanol–water partition coefficient (Wildman–Crippen LogP) is 2.97. The van der Waals surface area contributed by atoms with Crippen molar-refractivity contribution < 1.29 is 9.59 Å². The van der Waals surface area contributed by atoms with Crippen molar-refractivity contribution in [1.82, 2.24) is 9.47 Å². The van der Waals surface area contributed by atoms with E-state index < -0.39 is 0 Å². The Hall–Kier alpha value is -1.60. The zero-order valence-corrected chi connectivity index (χ0v) is 17.2. The van der Waals surface area contributed by atoms with Crippen molar-refractivity contribution in [2.45, 2.75) is 26.7 Å². The van der Waals surface area contributed by atoms with E-state index in [0.717, 1.165) is 29.7 Å². The molecule has 5 nitrogen and oxygen atoms in total. The summed E-state index contributed by atoms with van der Waals surface area (Å²) in [4.78, 5) is 31.3. The van der Waals surface area contributed by atoms with E-state index in [9.17, 15) is 9.59 Å². The summed E-state index contributed by atoms with van der Waals surface area (Å²) in [5.74, 6) is 1.12. The van der Waals surface area contributed by atoms with Gasteiger partial charge in [-0.05, 0) is 43.4 Å². The number of likely N-dealkylation sites (tertiary alicyclic amines) is 1. The van der Waals surface area contributed by atoms with Crippen LogP contribution in [0.5, 0.6) is 0 Å². The smallest absolute Gasteiger partial charge is 0.258 e. The fraction of sp³-hybridized carbons (Fsp3) is 0.526. The van der Waals surface area contributed by atoms with Gasteiger partial charge < -0.3 is 9.47 Å². The van der Waals surface area contributed by atoms with Crippen LogP contribution in [0.2, 0.25) is 0 Å². The lowest BCUT2D eigenvalue weighted by atomic mass is 10.0. The predicted molar refractivity (Wildman–Crippen MR) is 108 cm³/mol. The van der Waals surface area contributed by atoms with Crippen LogP contribution in [-0.2, 0) is 16.6 Å². The average Bonchev–Trinajstić information content (AvgIpc) is 2.89. The summed E-state index contributed by atoms with van der Waals surface area (Å²) >= 11 is 2.88. The standard InChI is InChI=1S/C19H25N3O2S2/c1-13-6-7-15-16(9-13)26-19(21(15)3)20-17(23)11-25-12-18(24)22-8-4-5-14(2)10-22/h6-7,9,14H,4-5,8,10-12H2,1-3H3/t14-/m0/s1. The van der Waals surface area contributed by atoms with Crippen LogP contribution in [0, 0.1) is 12.8 Å². The zero-order valence-electron chi connectivity index (χ0n) is 15.5. The van der Waals surface area contributed by atoms with E-state index in [0.29, 0.717) is 16.5 Å². The largest absolute Gasteiger partial charge is 0.342 e. The molecule has 1 aromatic carbocycles. The van der Waals surface area contributed by atoms with E-state index in [-0.39, 0.29) is 17.6 Å². The van der Waals surface area contributed by atoms with E-state index >= 15 is 0 Å². The van der Waals surface area contributed by atoms with Gasteiger partial charge in [0, 0.05) is 20.1 Å². The highest BCUT2D eigenvalue weighted by atomic mass is 32.2. The third-order valence-electron chi connectivity index (χ3n) is 4.65. The highest BCUT2D eigenvalue weighted by molar-refractivity contribution is 8.00. The van der Waals surface area contributed by atoms with Gasteiger partial charge in [0.15, 0.2) is 4.80 Å². The molecule has 3 rings (SSSR count). The molecule has 1 fully saturated rings. The molecule has 0 N–H and O–H groups in total. The van der Waals surface area contributed by atoms with Crippen molar-refractivity contribution in [2.75, 3.05) is 24.6 Å². The molecule has 140 valence electrons. The third kappa shape index (κ3) is 4.57. The second kappa shape index (κ2) is 8.39. The summed E-state index contributed by atoms with van der Waals surface area (Å²) in [6.45, 7) is 5.92. The molecular weight excluding hydrogens is 366 g/mol. The molecule has 0 bridgehead atoms. The maximum Gasteiger partial charge on any atom is 0.258 e. The molecule has 0 aliphatic carbocycles. The van der Waals surface area contributed by atoms with E-state index in [1.165, 1.54) is 35.1 Å². The van der Waals surface area contributed by atoms with Crippen LogP contribution in [-0.4, -0.2) is 45.9 Å². The molecule has 1 aliphatic heterocycles. The van der Waals surface area contributed by atoms with Gasteiger partial charge in [0.05, 0.1) is 21.7 Å². The molecule has 26 heavy (non-hydrogen) atoms. The first-order valence-corrected chi connectivity index (χ1v) is 10.9. The quantitative estimate of drug-likeness (QED) is 0.805. The molecule has 1 atom stereocenters. The number of benzene rings is 1. The number of thiazole rings is 1. The summed E-state index contributed by atoms with van der Waals surface area (Å²) in [7, 11) is 1.93. The normalized spacial score (nSPS) is 18.5. The van der Waals surface area contributed by atoms with Gasteiger partial charge in [0.1, 0.15) is 0 Å². The van der Waals surface area contributed by atoms with Crippen molar-refractivity contribution in [3.8, 4) is 0 Å². The lowest BCUT2D eigenvalue weighted by Crippen LogP contribution is -2.40. The Morgan fingerprint density at radius 3 is 2.92 bits per heavy atom. The van der Waals surface area contributed by atoms with Crippen LogP contribution >= 0.6 is 23.1 Å². The number of amides is 2. The number of rotatable bonds is 4. The Labute approximate surface area is 162 Å². The monoisotopic (exact) mass is 391 g/mol. The van der Waals surface area contributed by atoms with E-state index in [2.05, 4.69) is 37.0 Å². The van der Waals surface area contributed by atoms with Crippen molar-refractivity contribution >= 4 is 45.1 Å². The van der Waals surface area contributed by atoms with Gasteiger partial charge in [-0.2, -0.15) is 4.99 Å². The van der Waals surface area contributed by atoms with Crippen LogP contribution in [0.25, 0.3) is 10.2 Å². The van der Waals surface area contributed by atoms with Gasteiger partial charge in [-0.15, -0.1) is 11.8 Å². The minimum atomic E-state index is -0.186. The number of carbonyl (C=O) groups excluding carboxylic acids is 2. The number of hydrogen-bond donors (Lipinski definition) is 0. The molecule has 1 aliphatic rings. The summed E-state index contributed by atoms with van der Waals surface area (Å²) in [6.07, 6.45) is 2.27. The Bertz CT molecular complexity index is 885. The first kappa shape index (κ1) is 19.2. The third-order valence-corrected chi connectivity index (χ3v) is 6.64. The Morgan fingerprint density at radius 1 is 1.35 bits per heavy atom. The van der Waals surface area contributed by atoms with Gasteiger partial charge in [0.25, 0.3) is 5.91 Å². The van der Waals surface area contributed by atoms with Gasteiger partial charge >= 0.3 is 0 Å². The number of piperidine rings is 1. The van der Waals surface area contributed by atoms with Crippen molar-refractivity contribution in [1.29, 1.82) is 0 Å². The van der Waals surface area contributed by atoms with E-state index in [4.69, 9.17) is 0 Å². The maximum atomic E-state index is 12.2. The Morgan fingerprint density at radius 2 is 2.15 bits per heavy atom. The van der Waals surface area contributed by atoms with Crippen LogP contribution in [0.3, 0.4) is 0 Å². The SMILES string of the molecule is Cc1ccc2c(c1)sc(=NC(=O)CSCC(=O)N1CCC[C@H](C)C1)n2C. The van der Waals surface area contributed by atoms with Crippen LogP contribution in [0.4, 0.5) is 0 Å². The molecule has 0 spiro atoms. The molecule has 0 saturated carbocycles. The van der Waals surface area contributed by atoms with Gasteiger partial charge in [-0.3, -0.25) is 9.59 Å². The van der Waals surface area contributed by atoms with Crippen LogP contribution in [0.15, 0.2) is 23.2 Å². The first-order chi connectivity index (χ1) is 12.4.